The van der Waals surface area contributed by atoms with Crippen LogP contribution < -0.4 is 5.73 Å². The molecule has 0 aliphatic heterocycles. The molecule has 1 heteroatoms. The van der Waals surface area contributed by atoms with Crippen LogP contribution in [0.3, 0.4) is 0 Å². The van der Waals surface area contributed by atoms with Crippen LogP contribution in [0.5, 0.6) is 0 Å². The summed E-state index contributed by atoms with van der Waals surface area (Å²) in [4.78, 5) is 0. The summed E-state index contributed by atoms with van der Waals surface area (Å²) in [5.41, 5.74) is 12.1. The predicted octanol–water partition coefficient (Wildman–Crippen LogP) is 3.98. The molecule has 2 unspecified atom stereocenters. The fraction of sp³-hybridized carbons (Fsp3) is 0.368. The van der Waals surface area contributed by atoms with Gasteiger partial charge in [-0.15, -0.1) is 0 Å². The van der Waals surface area contributed by atoms with E-state index >= 15 is 0 Å². The van der Waals surface area contributed by atoms with Crippen molar-refractivity contribution in [2.45, 2.75) is 44.6 Å². The Morgan fingerprint density at radius 1 is 1.15 bits per heavy atom. The zero-order valence-corrected chi connectivity index (χ0v) is 12.2. The van der Waals surface area contributed by atoms with Gasteiger partial charge in [-0.2, -0.15) is 0 Å². The first kappa shape index (κ1) is 13.4. The quantitative estimate of drug-likeness (QED) is 0.869. The van der Waals surface area contributed by atoms with Crippen molar-refractivity contribution in [1.29, 1.82) is 0 Å². The molecule has 2 N–H and O–H groups in total. The molecule has 1 aliphatic rings. The van der Waals surface area contributed by atoms with Crippen molar-refractivity contribution < 1.29 is 0 Å². The van der Waals surface area contributed by atoms with Crippen LogP contribution in [0, 0.1) is 6.92 Å². The van der Waals surface area contributed by atoms with Gasteiger partial charge in [0.2, 0.25) is 0 Å². The Labute approximate surface area is 121 Å². The molecule has 2 atom stereocenters. The smallest absolute Gasteiger partial charge is 0.00479 e. The van der Waals surface area contributed by atoms with Gasteiger partial charge >= 0.3 is 0 Å². The molecule has 3 rings (SSSR count). The second kappa shape index (κ2) is 5.80. The van der Waals surface area contributed by atoms with Gasteiger partial charge in [-0.25, -0.2) is 0 Å². The van der Waals surface area contributed by atoms with Crippen molar-refractivity contribution in [3.05, 3.63) is 70.8 Å². The molecule has 104 valence electrons. The van der Waals surface area contributed by atoms with Gasteiger partial charge in [-0.1, -0.05) is 54.1 Å². The normalized spacial score (nSPS) is 18.2. The number of aryl methyl sites for hydroxylation is 2. The molecule has 1 aliphatic carbocycles. The fourth-order valence-electron chi connectivity index (χ4n) is 3.28. The summed E-state index contributed by atoms with van der Waals surface area (Å²) in [5.74, 6) is 0.693. The van der Waals surface area contributed by atoms with Crippen molar-refractivity contribution in [2.75, 3.05) is 0 Å². The third kappa shape index (κ3) is 2.94. The Bertz CT molecular complexity index is 588. The lowest BCUT2D eigenvalue weighted by Crippen LogP contribution is -2.28. The lowest BCUT2D eigenvalue weighted by Gasteiger charge is -2.32. The lowest BCUT2D eigenvalue weighted by molar-refractivity contribution is 0.467. The molecule has 2 aromatic carbocycles. The van der Waals surface area contributed by atoms with Crippen LogP contribution in [0.25, 0.3) is 0 Å². The molecule has 0 aromatic heterocycles. The molecule has 0 spiro atoms. The van der Waals surface area contributed by atoms with Gasteiger partial charge in [0.05, 0.1) is 0 Å². The van der Waals surface area contributed by atoms with Crippen molar-refractivity contribution in [2.24, 2.45) is 5.73 Å². The van der Waals surface area contributed by atoms with E-state index in [0.29, 0.717) is 12.0 Å². The van der Waals surface area contributed by atoms with Crippen LogP contribution in [0.4, 0.5) is 0 Å². The van der Waals surface area contributed by atoms with E-state index < -0.39 is 0 Å². The Morgan fingerprint density at radius 2 is 2.00 bits per heavy atom. The van der Waals surface area contributed by atoms with Gasteiger partial charge in [0.25, 0.3) is 0 Å². The van der Waals surface area contributed by atoms with Gasteiger partial charge in [-0.3, -0.25) is 0 Å². The zero-order valence-electron chi connectivity index (χ0n) is 12.2. The Morgan fingerprint density at radius 3 is 2.80 bits per heavy atom. The van der Waals surface area contributed by atoms with Crippen LogP contribution in [0.15, 0.2) is 48.5 Å². The number of fused-ring (bicyclic) bond motifs is 1. The minimum absolute atomic E-state index is 0.314. The molecule has 1 nitrogen and oxygen atoms in total. The third-order valence-corrected chi connectivity index (χ3v) is 4.43. The van der Waals surface area contributed by atoms with Gasteiger partial charge in [0.15, 0.2) is 0 Å². The zero-order chi connectivity index (χ0) is 13.9. The second-order valence-corrected chi connectivity index (χ2v) is 6.12. The minimum atomic E-state index is 0.314. The van der Waals surface area contributed by atoms with Gasteiger partial charge in [0, 0.05) is 6.04 Å². The monoisotopic (exact) mass is 265 g/mol. The summed E-state index contributed by atoms with van der Waals surface area (Å²) in [5, 5.41) is 0. The molecule has 20 heavy (non-hydrogen) atoms. The second-order valence-electron chi connectivity index (χ2n) is 6.12. The molecular formula is C19H23N. The van der Waals surface area contributed by atoms with E-state index in [1.807, 2.05) is 0 Å². The first-order chi connectivity index (χ1) is 9.72. The first-order valence-corrected chi connectivity index (χ1v) is 7.61. The third-order valence-electron chi connectivity index (χ3n) is 4.43. The molecule has 2 aromatic rings. The van der Waals surface area contributed by atoms with E-state index in [2.05, 4.69) is 55.5 Å². The average molecular weight is 265 g/mol. The van der Waals surface area contributed by atoms with Gasteiger partial charge in [-0.05, 0) is 55.2 Å². The lowest BCUT2D eigenvalue weighted by atomic mass is 9.74. The summed E-state index contributed by atoms with van der Waals surface area (Å²) in [6, 6.07) is 17.8. The molecule has 0 bridgehead atoms. The van der Waals surface area contributed by atoms with E-state index in [-0.39, 0.29) is 0 Å². The highest BCUT2D eigenvalue weighted by molar-refractivity contribution is 5.39. The van der Waals surface area contributed by atoms with Crippen LogP contribution in [-0.4, -0.2) is 6.04 Å². The number of nitrogens with two attached hydrogens (primary N) is 1. The topological polar surface area (TPSA) is 26.0 Å². The number of hydrogen-bond acceptors (Lipinski definition) is 1. The molecule has 0 saturated heterocycles. The van der Waals surface area contributed by atoms with Gasteiger partial charge in [0.1, 0.15) is 0 Å². The van der Waals surface area contributed by atoms with Crippen molar-refractivity contribution >= 4 is 0 Å². The van der Waals surface area contributed by atoms with E-state index in [0.717, 1.165) is 19.3 Å². The highest BCUT2D eigenvalue weighted by Crippen LogP contribution is 2.38. The predicted molar refractivity (Wildman–Crippen MR) is 85.0 cm³/mol. The summed E-state index contributed by atoms with van der Waals surface area (Å²) in [7, 11) is 0. The van der Waals surface area contributed by atoms with Crippen LogP contribution in [-0.2, 0) is 12.8 Å². The summed E-state index contributed by atoms with van der Waals surface area (Å²) in [6.45, 7) is 2.15. The molecule has 0 radical (unpaired) electrons. The standard InChI is InChI=1S/C19H23N/c1-14-5-4-6-15(11-14)9-10-18(20)13-17-12-16-7-2-3-8-19(16)17/h2-8,11,17-18H,9-10,12-13,20H2,1H3. The maximum Gasteiger partial charge on any atom is 0.00479 e. The van der Waals surface area contributed by atoms with Crippen molar-refractivity contribution in [3.8, 4) is 0 Å². The van der Waals surface area contributed by atoms with Crippen LogP contribution in [0.1, 0.15) is 41.0 Å². The van der Waals surface area contributed by atoms with Crippen molar-refractivity contribution in [1.82, 2.24) is 0 Å². The Balaban J connectivity index is 1.50. The van der Waals surface area contributed by atoms with Crippen molar-refractivity contribution in [3.63, 3.8) is 0 Å². The molecule has 0 fully saturated rings. The summed E-state index contributed by atoms with van der Waals surface area (Å²) in [6.07, 6.45) is 4.52. The summed E-state index contributed by atoms with van der Waals surface area (Å²) < 4.78 is 0. The van der Waals surface area contributed by atoms with Gasteiger partial charge < -0.3 is 5.73 Å². The SMILES string of the molecule is Cc1cccc(CCC(N)CC2Cc3ccccc32)c1. The minimum Gasteiger partial charge on any atom is -0.328 e. The average Bonchev–Trinajstić information content (AvgIpc) is 2.43. The van der Waals surface area contributed by atoms with Crippen LogP contribution in [0.2, 0.25) is 0 Å². The highest BCUT2D eigenvalue weighted by Gasteiger charge is 2.26. The maximum absolute atomic E-state index is 6.33. The molecular weight excluding hydrogens is 242 g/mol. The Hall–Kier alpha value is -1.60. The first-order valence-electron chi connectivity index (χ1n) is 7.61. The number of benzene rings is 2. The van der Waals surface area contributed by atoms with E-state index in [1.54, 1.807) is 0 Å². The Kier molecular flexibility index (Phi) is 3.88. The highest BCUT2D eigenvalue weighted by atomic mass is 14.6. The number of rotatable bonds is 5. The van der Waals surface area contributed by atoms with E-state index in [9.17, 15) is 0 Å². The van der Waals surface area contributed by atoms with E-state index in [4.69, 9.17) is 5.73 Å². The molecule has 0 amide bonds. The molecule has 0 saturated carbocycles. The van der Waals surface area contributed by atoms with E-state index in [1.165, 1.54) is 28.7 Å². The maximum atomic E-state index is 6.33. The fourth-order valence-corrected chi connectivity index (χ4v) is 3.28. The summed E-state index contributed by atoms with van der Waals surface area (Å²) >= 11 is 0. The largest absolute Gasteiger partial charge is 0.328 e. The van der Waals surface area contributed by atoms with Crippen LogP contribution >= 0.6 is 0 Å². The number of hydrogen-bond donors (Lipinski definition) is 1. The molecule has 0 heterocycles.